The fourth-order valence-electron chi connectivity index (χ4n) is 10.2. The first-order chi connectivity index (χ1) is 21.4. The van der Waals surface area contributed by atoms with Gasteiger partial charge in [-0.1, -0.05) is 41.5 Å². The van der Waals surface area contributed by atoms with Crippen LogP contribution in [0.15, 0.2) is 0 Å². The minimum atomic E-state index is -0.675. The molecule has 0 aromatic rings. The van der Waals surface area contributed by atoms with E-state index in [9.17, 15) is 24.0 Å². The van der Waals surface area contributed by atoms with Gasteiger partial charge < -0.3 is 23.7 Å². The number of hydrogen-bond acceptors (Lipinski definition) is 10. The zero-order valence-corrected chi connectivity index (χ0v) is 29.5. The molecule has 1 saturated heterocycles. The van der Waals surface area contributed by atoms with E-state index in [0.717, 1.165) is 25.7 Å². The van der Waals surface area contributed by atoms with E-state index in [4.69, 9.17) is 23.7 Å². The highest BCUT2D eigenvalue weighted by Gasteiger charge is 2.64. The Morgan fingerprint density at radius 3 is 1.89 bits per heavy atom. The molecule has 0 radical (unpaired) electrons. The van der Waals surface area contributed by atoms with Gasteiger partial charge in [-0.25, -0.2) is 0 Å². The van der Waals surface area contributed by atoms with Crippen molar-refractivity contribution in [2.45, 2.75) is 145 Å². The minimum Gasteiger partial charge on any atom is -0.462 e. The summed E-state index contributed by atoms with van der Waals surface area (Å²) < 4.78 is 29.4. The Morgan fingerprint density at radius 2 is 1.33 bits per heavy atom. The largest absolute Gasteiger partial charge is 0.462 e. The van der Waals surface area contributed by atoms with Crippen molar-refractivity contribution in [3.63, 3.8) is 0 Å². The predicted octanol–water partition coefficient (Wildman–Crippen LogP) is 5.82. The van der Waals surface area contributed by atoms with Gasteiger partial charge in [-0.3, -0.25) is 24.0 Å². The van der Waals surface area contributed by atoms with Gasteiger partial charge in [-0.15, -0.1) is 0 Å². The highest BCUT2D eigenvalue weighted by molar-refractivity contribution is 5.71. The standard InChI is InChI=1S/C36H56O10/c1-18(2)19(3)33(44-23(7)39)34(45-24(8)40)20(4)26-11-12-27-25-15-32(41)46-31-16-29(42-21(5)37)30(43-22(6)38)17-36(31,10)28(25)13-14-35(26,27)9/h18-20,25-31,33-34H,11-17H2,1-10H3/t19-,20-,25-,26+,27-,28-,29-,30+,31-,33+,34+,35+,36+/m0/s1. The van der Waals surface area contributed by atoms with Gasteiger partial charge in [0.1, 0.15) is 30.5 Å². The Morgan fingerprint density at radius 1 is 0.761 bits per heavy atom. The van der Waals surface area contributed by atoms with Crippen molar-refractivity contribution >= 4 is 29.8 Å². The van der Waals surface area contributed by atoms with E-state index in [2.05, 4.69) is 34.6 Å². The van der Waals surface area contributed by atoms with Gasteiger partial charge in [-0.05, 0) is 73.0 Å². The van der Waals surface area contributed by atoms with Crippen LogP contribution in [0.1, 0.15) is 114 Å². The van der Waals surface area contributed by atoms with Crippen molar-refractivity contribution < 1.29 is 47.7 Å². The number of esters is 5. The van der Waals surface area contributed by atoms with Crippen LogP contribution in [0.3, 0.4) is 0 Å². The minimum absolute atomic E-state index is 0.0303. The van der Waals surface area contributed by atoms with Crippen molar-refractivity contribution in [3.05, 3.63) is 0 Å². The lowest BCUT2D eigenvalue weighted by atomic mass is 9.49. The molecule has 4 fully saturated rings. The molecule has 0 bridgehead atoms. The Kier molecular flexibility index (Phi) is 10.9. The second kappa shape index (κ2) is 13.8. The second-order valence-electron chi connectivity index (χ2n) is 15.6. The number of hydrogen-bond donors (Lipinski definition) is 0. The summed E-state index contributed by atoms with van der Waals surface area (Å²) in [6.45, 7) is 18.3. The van der Waals surface area contributed by atoms with Crippen LogP contribution in [-0.4, -0.2) is 60.4 Å². The van der Waals surface area contributed by atoms with Crippen LogP contribution >= 0.6 is 0 Å². The van der Waals surface area contributed by atoms with Gasteiger partial charge >= 0.3 is 29.8 Å². The van der Waals surface area contributed by atoms with E-state index >= 15 is 0 Å². The van der Waals surface area contributed by atoms with Crippen molar-refractivity contribution in [3.8, 4) is 0 Å². The maximum Gasteiger partial charge on any atom is 0.306 e. The molecule has 4 aliphatic rings. The van der Waals surface area contributed by atoms with Gasteiger partial charge in [0.15, 0.2) is 0 Å². The molecule has 0 aromatic heterocycles. The molecule has 46 heavy (non-hydrogen) atoms. The normalized spacial score (nSPS) is 38.0. The quantitative estimate of drug-likeness (QED) is 0.223. The monoisotopic (exact) mass is 648 g/mol. The van der Waals surface area contributed by atoms with Crippen molar-refractivity contribution in [2.75, 3.05) is 0 Å². The van der Waals surface area contributed by atoms with Gasteiger partial charge in [0.25, 0.3) is 0 Å². The molecule has 0 amide bonds. The van der Waals surface area contributed by atoms with Crippen LogP contribution in [-0.2, 0) is 47.7 Å². The second-order valence-corrected chi connectivity index (χ2v) is 15.6. The van der Waals surface area contributed by atoms with Crippen LogP contribution in [0.5, 0.6) is 0 Å². The molecule has 0 N–H and O–H groups in total. The van der Waals surface area contributed by atoms with Crippen molar-refractivity contribution in [1.82, 2.24) is 0 Å². The average Bonchev–Trinajstić information content (AvgIpc) is 3.23. The number of carbonyl (C=O) groups excluding carboxylic acids is 5. The van der Waals surface area contributed by atoms with E-state index in [1.165, 1.54) is 27.7 Å². The summed E-state index contributed by atoms with van der Waals surface area (Å²) in [6.07, 6.45) is 1.74. The third-order valence-corrected chi connectivity index (χ3v) is 12.6. The maximum absolute atomic E-state index is 13.5. The zero-order chi connectivity index (χ0) is 34.3. The Labute approximate surface area is 274 Å². The van der Waals surface area contributed by atoms with Crippen LogP contribution in [0.2, 0.25) is 0 Å². The molecule has 10 heteroatoms. The van der Waals surface area contributed by atoms with E-state index in [-0.39, 0.29) is 52.8 Å². The Hall–Kier alpha value is -2.65. The molecule has 3 saturated carbocycles. The average molecular weight is 649 g/mol. The van der Waals surface area contributed by atoms with Gasteiger partial charge in [0, 0.05) is 51.9 Å². The lowest BCUT2D eigenvalue weighted by molar-refractivity contribution is -0.198. The molecular formula is C36H56O10. The highest BCUT2D eigenvalue weighted by atomic mass is 16.6. The predicted molar refractivity (Wildman–Crippen MR) is 168 cm³/mol. The lowest BCUT2D eigenvalue weighted by Gasteiger charge is -2.56. The topological polar surface area (TPSA) is 132 Å². The first-order valence-electron chi connectivity index (χ1n) is 17.3. The number of carbonyl (C=O) groups is 5. The molecular weight excluding hydrogens is 592 g/mol. The third-order valence-electron chi connectivity index (χ3n) is 12.6. The molecule has 4 rings (SSSR count). The van der Waals surface area contributed by atoms with Crippen molar-refractivity contribution in [2.24, 2.45) is 52.3 Å². The number of rotatable bonds is 9. The third kappa shape index (κ3) is 7.10. The van der Waals surface area contributed by atoms with Crippen molar-refractivity contribution in [1.29, 1.82) is 0 Å². The number of ether oxygens (including phenoxy) is 5. The van der Waals surface area contributed by atoms with E-state index in [1.54, 1.807) is 0 Å². The summed E-state index contributed by atoms with van der Waals surface area (Å²) in [6, 6.07) is 0. The molecule has 0 spiro atoms. The summed E-state index contributed by atoms with van der Waals surface area (Å²) in [4.78, 5) is 62.2. The fourth-order valence-corrected chi connectivity index (χ4v) is 10.2. The first kappa shape index (κ1) is 36.2. The van der Waals surface area contributed by atoms with E-state index < -0.39 is 59.8 Å². The SMILES string of the molecule is CC(=O)O[C@H]([C@@H](C)[C@H]1CC[C@H]2[C@@H]3CC(=O)O[C@H]4C[C@H](OC(C)=O)[C@H](OC(C)=O)C[C@]4(C)[C@H]3CC[C@]12C)[C@H](OC(C)=O)[C@@H](C)C(C)C. The molecule has 3 aliphatic carbocycles. The summed E-state index contributed by atoms with van der Waals surface area (Å²) >= 11 is 0. The van der Waals surface area contributed by atoms with Crippen LogP contribution in [0.4, 0.5) is 0 Å². The van der Waals surface area contributed by atoms with Crippen LogP contribution in [0.25, 0.3) is 0 Å². The van der Waals surface area contributed by atoms with E-state index in [1.807, 2.05) is 6.92 Å². The Bertz CT molecular complexity index is 1180. The highest BCUT2D eigenvalue weighted by Crippen LogP contribution is 2.66. The molecule has 0 unspecified atom stereocenters. The fraction of sp³-hybridized carbons (Fsp3) is 0.861. The van der Waals surface area contributed by atoms with Gasteiger partial charge in [0.05, 0.1) is 0 Å². The first-order valence-corrected chi connectivity index (χ1v) is 17.3. The van der Waals surface area contributed by atoms with E-state index in [0.29, 0.717) is 19.3 Å². The maximum atomic E-state index is 13.5. The summed E-state index contributed by atoms with van der Waals surface area (Å²) in [7, 11) is 0. The molecule has 1 aliphatic heterocycles. The summed E-state index contributed by atoms with van der Waals surface area (Å²) in [5.41, 5.74) is -0.604. The smallest absolute Gasteiger partial charge is 0.306 e. The molecule has 1 heterocycles. The van der Waals surface area contributed by atoms with Crippen LogP contribution < -0.4 is 0 Å². The molecule has 13 atom stereocenters. The summed E-state index contributed by atoms with van der Waals surface area (Å²) in [5.74, 6) is -1.23. The molecule has 260 valence electrons. The lowest BCUT2D eigenvalue weighted by Crippen LogP contribution is -2.57. The van der Waals surface area contributed by atoms with Gasteiger partial charge in [0.2, 0.25) is 0 Å². The zero-order valence-electron chi connectivity index (χ0n) is 29.5. The van der Waals surface area contributed by atoms with Gasteiger partial charge in [-0.2, -0.15) is 0 Å². The number of fused-ring (bicyclic) bond motifs is 5. The molecule has 10 nitrogen and oxygen atoms in total. The summed E-state index contributed by atoms with van der Waals surface area (Å²) in [5, 5.41) is 0. The molecule has 0 aromatic carbocycles. The Balaban J connectivity index is 1.66. The van der Waals surface area contributed by atoms with Crippen LogP contribution in [0, 0.1) is 52.3 Å².